The summed E-state index contributed by atoms with van der Waals surface area (Å²) in [6, 6.07) is 18.5. The van der Waals surface area contributed by atoms with E-state index in [1.54, 1.807) is 47.4 Å². The normalized spacial score (nSPS) is 15.4. The molecule has 0 spiro atoms. The fourth-order valence-corrected chi connectivity index (χ4v) is 5.87. The number of amides is 3. The standard InChI is InChI=1S/C30H32N4O4S/c1-4-38-29(36)22-9-11-25(12-10-22)31-30(37)33-15-14-32(18-21(33)3)27(35)26-17-23-13-16-39-28(23)34(26)19-24-8-6-5-7-20(24)2/h5-13,16-17,21H,4,14-15,18-19H2,1-3H3,(H,31,37). The van der Waals surface area contributed by atoms with Crippen molar-refractivity contribution >= 4 is 45.1 Å². The molecular weight excluding hydrogens is 512 g/mol. The van der Waals surface area contributed by atoms with E-state index in [0.717, 1.165) is 10.2 Å². The molecule has 1 saturated heterocycles. The summed E-state index contributed by atoms with van der Waals surface area (Å²) < 4.78 is 7.13. The number of piperazine rings is 1. The minimum absolute atomic E-state index is 0.0200. The molecule has 4 aromatic rings. The van der Waals surface area contributed by atoms with Crippen LogP contribution in [-0.2, 0) is 11.3 Å². The van der Waals surface area contributed by atoms with Gasteiger partial charge in [0.15, 0.2) is 0 Å². The summed E-state index contributed by atoms with van der Waals surface area (Å²) in [4.78, 5) is 43.3. The highest BCUT2D eigenvalue weighted by Crippen LogP contribution is 2.28. The van der Waals surface area contributed by atoms with Crippen LogP contribution in [0.3, 0.4) is 0 Å². The van der Waals surface area contributed by atoms with Gasteiger partial charge in [-0.25, -0.2) is 9.59 Å². The molecule has 5 rings (SSSR count). The van der Waals surface area contributed by atoms with E-state index >= 15 is 0 Å². The summed E-state index contributed by atoms with van der Waals surface area (Å²) in [5.74, 6) is -0.414. The molecule has 39 heavy (non-hydrogen) atoms. The topological polar surface area (TPSA) is 83.9 Å². The van der Waals surface area contributed by atoms with Crippen molar-refractivity contribution in [1.82, 2.24) is 14.4 Å². The Labute approximate surface area is 231 Å². The number of carbonyl (C=O) groups is 3. The third-order valence-electron chi connectivity index (χ3n) is 7.13. The number of esters is 1. The van der Waals surface area contributed by atoms with Gasteiger partial charge in [-0.2, -0.15) is 0 Å². The second-order valence-corrected chi connectivity index (χ2v) is 10.6. The summed E-state index contributed by atoms with van der Waals surface area (Å²) >= 11 is 1.64. The van der Waals surface area contributed by atoms with Crippen LogP contribution in [0.25, 0.3) is 10.2 Å². The van der Waals surface area contributed by atoms with Gasteiger partial charge in [-0.1, -0.05) is 24.3 Å². The highest BCUT2D eigenvalue weighted by atomic mass is 32.1. The fraction of sp³-hybridized carbons (Fsp3) is 0.300. The number of hydrogen-bond donors (Lipinski definition) is 1. The molecule has 2 aromatic heterocycles. The predicted octanol–water partition coefficient (Wildman–Crippen LogP) is 5.61. The maximum Gasteiger partial charge on any atom is 0.338 e. The van der Waals surface area contributed by atoms with Gasteiger partial charge in [0, 0.05) is 43.3 Å². The average molecular weight is 545 g/mol. The second-order valence-electron chi connectivity index (χ2n) is 9.74. The third kappa shape index (κ3) is 5.54. The highest BCUT2D eigenvalue weighted by Gasteiger charge is 2.32. The van der Waals surface area contributed by atoms with Gasteiger partial charge in [-0.15, -0.1) is 11.3 Å². The Kier molecular flexibility index (Phi) is 7.70. The van der Waals surface area contributed by atoms with Gasteiger partial charge in [0.2, 0.25) is 0 Å². The minimum Gasteiger partial charge on any atom is -0.462 e. The predicted molar refractivity (Wildman–Crippen MR) is 154 cm³/mol. The van der Waals surface area contributed by atoms with E-state index in [1.165, 1.54) is 11.1 Å². The zero-order valence-corrected chi connectivity index (χ0v) is 23.2. The van der Waals surface area contributed by atoms with E-state index in [-0.39, 0.29) is 18.0 Å². The highest BCUT2D eigenvalue weighted by molar-refractivity contribution is 7.16. The summed E-state index contributed by atoms with van der Waals surface area (Å²) in [6.45, 7) is 8.05. The molecule has 1 unspecified atom stereocenters. The van der Waals surface area contributed by atoms with E-state index in [4.69, 9.17) is 4.74 Å². The second kappa shape index (κ2) is 11.3. The quantitative estimate of drug-likeness (QED) is 0.320. The van der Waals surface area contributed by atoms with Gasteiger partial charge in [0.05, 0.1) is 12.2 Å². The number of fused-ring (bicyclic) bond motifs is 1. The van der Waals surface area contributed by atoms with Crippen LogP contribution in [0.5, 0.6) is 0 Å². The molecule has 0 radical (unpaired) electrons. The van der Waals surface area contributed by atoms with Crippen molar-refractivity contribution in [2.24, 2.45) is 0 Å². The Hall–Kier alpha value is -4.11. The van der Waals surface area contributed by atoms with Crippen LogP contribution in [0.15, 0.2) is 66.0 Å². The van der Waals surface area contributed by atoms with Crippen molar-refractivity contribution in [3.63, 3.8) is 0 Å². The molecular formula is C30H32N4O4S. The van der Waals surface area contributed by atoms with Crippen molar-refractivity contribution in [1.29, 1.82) is 0 Å². The van der Waals surface area contributed by atoms with Crippen molar-refractivity contribution in [2.45, 2.75) is 33.4 Å². The van der Waals surface area contributed by atoms with Crippen LogP contribution in [0, 0.1) is 6.92 Å². The number of urea groups is 1. The van der Waals surface area contributed by atoms with E-state index < -0.39 is 5.97 Å². The Morgan fingerprint density at radius 1 is 1.05 bits per heavy atom. The first-order valence-electron chi connectivity index (χ1n) is 13.1. The average Bonchev–Trinajstić information content (AvgIpc) is 3.52. The summed E-state index contributed by atoms with van der Waals surface area (Å²) in [7, 11) is 0. The number of benzene rings is 2. The van der Waals surface area contributed by atoms with Crippen molar-refractivity contribution in [3.8, 4) is 0 Å². The van der Waals surface area contributed by atoms with Crippen LogP contribution in [0.4, 0.5) is 10.5 Å². The Morgan fingerprint density at radius 2 is 1.82 bits per heavy atom. The lowest BCUT2D eigenvalue weighted by Crippen LogP contribution is -2.56. The maximum absolute atomic E-state index is 13.8. The number of hydrogen-bond acceptors (Lipinski definition) is 5. The summed E-state index contributed by atoms with van der Waals surface area (Å²) in [6.07, 6.45) is 0. The molecule has 9 heteroatoms. The molecule has 0 bridgehead atoms. The molecule has 202 valence electrons. The minimum atomic E-state index is -0.394. The molecule has 1 aliphatic heterocycles. The van der Waals surface area contributed by atoms with Gasteiger partial charge in [-0.3, -0.25) is 4.79 Å². The van der Waals surface area contributed by atoms with Crippen molar-refractivity contribution in [3.05, 3.63) is 88.4 Å². The Balaban J connectivity index is 1.26. The number of anilines is 1. The molecule has 3 heterocycles. The van der Waals surface area contributed by atoms with E-state index in [2.05, 4.69) is 40.4 Å². The van der Waals surface area contributed by atoms with E-state index in [9.17, 15) is 14.4 Å². The molecule has 1 fully saturated rings. The largest absolute Gasteiger partial charge is 0.462 e. The number of carbonyl (C=O) groups excluding carboxylic acids is 3. The molecule has 0 saturated carbocycles. The fourth-order valence-electron chi connectivity index (χ4n) is 4.97. The molecule has 2 aromatic carbocycles. The molecule has 0 aliphatic carbocycles. The number of nitrogens with one attached hydrogen (secondary N) is 1. The van der Waals surface area contributed by atoms with Gasteiger partial charge < -0.3 is 24.4 Å². The van der Waals surface area contributed by atoms with E-state index in [1.807, 2.05) is 30.0 Å². The number of nitrogens with zero attached hydrogens (tertiary/aromatic N) is 3. The van der Waals surface area contributed by atoms with Crippen LogP contribution in [-0.4, -0.2) is 64.6 Å². The Bertz CT molecular complexity index is 1510. The molecule has 1 aliphatic rings. The van der Waals surface area contributed by atoms with Crippen molar-refractivity contribution < 1.29 is 19.1 Å². The number of aromatic nitrogens is 1. The molecule has 8 nitrogen and oxygen atoms in total. The molecule has 1 N–H and O–H groups in total. The number of aryl methyl sites for hydroxylation is 1. The first-order chi connectivity index (χ1) is 18.9. The van der Waals surface area contributed by atoms with Gasteiger partial charge in [0.1, 0.15) is 10.5 Å². The first kappa shape index (κ1) is 26.5. The van der Waals surface area contributed by atoms with Crippen LogP contribution >= 0.6 is 11.3 Å². The van der Waals surface area contributed by atoms with Gasteiger partial charge in [0.25, 0.3) is 5.91 Å². The smallest absolute Gasteiger partial charge is 0.338 e. The number of thiophene rings is 1. The number of ether oxygens (including phenoxy) is 1. The lowest BCUT2D eigenvalue weighted by Gasteiger charge is -2.39. The lowest BCUT2D eigenvalue weighted by atomic mass is 10.1. The van der Waals surface area contributed by atoms with E-state index in [0.29, 0.717) is 49.7 Å². The van der Waals surface area contributed by atoms with Crippen LogP contribution in [0.1, 0.15) is 45.8 Å². The summed E-state index contributed by atoms with van der Waals surface area (Å²) in [5.41, 5.74) is 4.07. The number of rotatable bonds is 6. The molecule has 3 amide bonds. The maximum atomic E-state index is 13.8. The monoisotopic (exact) mass is 544 g/mol. The zero-order chi connectivity index (χ0) is 27.5. The zero-order valence-electron chi connectivity index (χ0n) is 22.3. The van der Waals surface area contributed by atoms with Crippen LogP contribution < -0.4 is 5.32 Å². The molecule has 1 atom stereocenters. The first-order valence-corrected chi connectivity index (χ1v) is 14.0. The van der Waals surface area contributed by atoms with Gasteiger partial charge >= 0.3 is 12.0 Å². The van der Waals surface area contributed by atoms with Crippen LogP contribution in [0.2, 0.25) is 0 Å². The Morgan fingerprint density at radius 3 is 2.54 bits per heavy atom. The third-order valence-corrected chi connectivity index (χ3v) is 8.09. The SMILES string of the molecule is CCOC(=O)c1ccc(NC(=O)N2CCN(C(=O)c3cc4ccsc4n3Cc3ccccc3C)CC2C)cc1. The van der Waals surface area contributed by atoms with Gasteiger partial charge in [-0.05, 0) is 73.7 Å². The van der Waals surface area contributed by atoms with Crippen molar-refractivity contribution in [2.75, 3.05) is 31.6 Å². The lowest BCUT2D eigenvalue weighted by molar-refractivity contribution is 0.0525. The summed E-state index contributed by atoms with van der Waals surface area (Å²) in [5, 5.41) is 6.02.